The van der Waals surface area contributed by atoms with Gasteiger partial charge in [0.1, 0.15) is 11.6 Å². The molecule has 0 bridgehead atoms. The lowest BCUT2D eigenvalue weighted by atomic mass is 9.87. The first kappa shape index (κ1) is 18.8. The first-order valence-electron chi connectivity index (χ1n) is 9.01. The Hall–Kier alpha value is -2.95. The number of hydrogen-bond donors (Lipinski definition) is 2. The number of nitrogens with one attached hydrogen (secondary N) is 2. The SMILES string of the molecule is Cc1cc(Nc2ccc(C(C)(C)C)cc2)nc(NCc2ccc(F)cc2)n1. The average molecular weight is 364 g/mol. The van der Waals surface area contributed by atoms with Crippen molar-refractivity contribution in [2.24, 2.45) is 0 Å². The normalized spacial score (nSPS) is 11.3. The van der Waals surface area contributed by atoms with E-state index in [1.807, 2.05) is 13.0 Å². The summed E-state index contributed by atoms with van der Waals surface area (Å²) in [5.74, 6) is 1.02. The third-order valence-corrected chi connectivity index (χ3v) is 4.24. The maximum Gasteiger partial charge on any atom is 0.225 e. The zero-order valence-electron chi connectivity index (χ0n) is 16.2. The van der Waals surface area contributed by atoms with Crippen molar-refractivity contribution in [3.05, 3.63) is 77.2 Å². The van der Waals surface area contributed by atoms with E-state index in [4.69, 9.17) is 0 Å². The molecule has 4 nitrogen and oxygen atoms in total. The third-order valence-electron chi connectivity index (χ3n) is 4.24. The summed E-state index contributed by atoms with van der Waals surface area (Å²) in [4.78, 5) is 8.94. The molecule has 0 saturated heterocycles. The van der Waals surface area contributed by atoms with Gasteiger partial charge in [0.2, 0.25) is 5.95 Å². The molecule has 0 aliphatic carbocycles. The van der Waals surface area contributed by atoms with Crippen molar-refractivity contribution >= 4 is 17.5 Å². The molecular formula is C22H25FN4. The van der Waals surface area contributed by atoms with Crippen LogP contribution in [0.4, 0.5) is 21.8 Å². The van der Waals surface area contributed by atoms with Crippen LogP contribution in [0.1, 0.15) is 37.6 Å². The molecule has 3 aromatic rings. The van der Waals surface area contributed by atoms with E-state index in [9.17, 15) is 4.39 Å². The summed E-state index contributed by atoms with van der Waals surface area (Å²) in [5, 5.41) is 6.52. The van der Waals surface area contributed by atoms with Crippen molar-refractivity contribution in [2.75, 3.05) is 10.6 Å². The Bertz CT molecular complexity index is 897. The van der Waals surface area contributed by atoms with Crippen LogP contribution in [-0.4, -0.2) is 9.97 Å². The Balaban J connectivity index is 1.70. The van der Waals surface area contributed by atoms with E-state index in [-0.39, 0.29) is 11.2 Å². The highest BCUT2D eigenvalue weighted by molar-refractivity contribution is 5.58. The molecule has 5 heteroatoms. The monoisotopic (exact) mass is 364 g/mol. The zero-order chi connectivity index (χ0) is 19.4. The van der Waals surface area contributed by atoms with Gasteiger partial charge in [0.05, 0.1) is 0 Å². The second-order valence-corrected chi connectivity index (χ2v) is 7.65. The summed E-state index contributed by atoms with van der Waals surface area (Å²) in [6, 6.07) is 16.7. The lowest BCUT2D eigenvalue weighted by molar-refractivity contribution is 0.590. The second-order valence-electron chi connectivity index (χ2n) is 7.65. The van der Waals surface area contributed by atoms with Crippen LogP contribution in [0.15, 0.2) is 54.6 Å². The molecule has 2 N–H and O–H groups in total. The largest absolute Gasteiger partial charge is 0.350 e. The highest BCUT2D eigenvalue weighted by atomic mass is 19.1. The Morgan fingerprint density at radius 1 is 0.926 bits per heavy atom. The van der Waals surface area contributed by atoms with Crippen molar-refractivity contribution in [1.29, 1.82) is 0 Å². The van der Waals surface area contributed by atoms with Gasteiger partial charge in [-0.15, -0.1) is 0 Å². The van der Waals surface area contributed by atoms with Crippen LogP contribution in [0.2, 0.25) is 0 Å². The van der Waals surface area contributed by atoms with Crippen LogP contribution < -0.4 is 10.6 Å². The van der Waals surface area contributed by atoms with Crippen LogP contribution >= 0.6 is 0 Å². The van der Waals surface area contributed by atoms with E-state index in [2.05, 4.69) is 65.6 Å². The Morgan fingerprint density at radius 3 is 2.22 bits per heavy atom. The molecule has 3 rings (SSSR count). The fraction of sp³-hybridized carbons (Fsp3) is 0.273. The number of benzene rings is 2. The van der Waals surface area contributed by atoms with E-state index >= 15 is 0 Å². The lowest BCUT2D eigenvalue weighted by Crippen LogP contribution is -2.10. The standard InChI is InChI=1S/C22H25FN4/c1-15-13-20(26-19-11-7-17(8-12-19)22(2,3)4)27-21(25-15)24-14-16-5-9-18(23)10-6-16/h5-13H,14H2,1-4H3,(H2,24,25,26,27). The zero-order valence-corrected chi connectivity index (χ0v) is 16.2. The molecule has 1 heterocycles. The minimum Gasteiger partial charge on any atom is -0.350 e. The smallest absolute Gasteiger partial charge is 0.225 e. The molecule has 27 heavy (non-hydrogen) atoms. The number of aromatic nitrogens is 2. The van der Waals surface area contributed by atoms with Crippen LogP contribution in [0, 0.1) is 12.7 Å². The highest BCUT2D eigenvalue weighted by Crippen LogP contribution is 2.25. The van der Waals surface area contributed by atoms with Crippen LogP contribution in [0.5, 0.6) is 0 Å². The quantitative estimate of drug-likeness (QED) is 0.621. The minimum absolute atomic E-state index is 0.126. The summed E-state index contributed by atoms with van der Waals surface area (Å²) >= 11 is 0. The molecule has 1 aromatic heterocycles. The summed E-state index contributed by atoms with van der Waals surface area (Å²) in [5.41, 5.74) is 4.22. The van der Waals surface area contributed by atoms with Gasteiger partial charge in [-0.1, -0.05) is 45.0 Å². The van der Waals surface area contributed by atoms with Crippen molar-refractivity contribution in [3.8, 4) is 0 Å². The molecular weight excluding hydrogens is 339 g/mol. The van der Waals surface area contributed by atoms with Gasteiger partial charge in [-0.3, -0.25) is 0 Å². The van der Waals surface area contributed by atoms with Gasteiger partial charge in [-0.25, -0.2) is 9.37 Å². The molecule has 0 saturated carbocycles. The maximum absolute atomic E-state index is 13.0. The van der Waals surface area contributed by atoms with Gasteiger partial charge >= 0.3 is 0 Å². The van der Waals surface area contributed by atoms with E-state index in [0.29, 0.717) is 12.5 Å². The second kappa shape index (κ2) is 7.74. The molecule has 0 fully saturated rings. The van der Waals surface area contributed by atoms with E-state index < -0.39 is 0 Å². The predicted molar refractivity (Wildman–Crippen MR) is 109 cm³/mol. The Labute approximate surface area is 159 Å². The summed E-state index contributed by atoms with van der Waals surface area (Å²) in [6.45, 7) is 9.05. The topological polar surface area (TPSA) is 49.8 Å². The number of nitrogens with zero attached hydrogens (tertiary/aromatic N) is 2. The van der Waals surface area contributed by atoms with Gasteiger partial charge in [0.25, 0.3) is 0 Å². The molecule has 140 valence electrons. The lowest BCUT2D eigenvalue weighted by Gasteiger charge is -2.19. The fourth-order valence-corrected chi connectivity index (χ4v) is 2.70. The number of halogens is 1. The maximum atomic E-state index is 13.0. The number of anilines is 3. The van der Waals surface area contributed by atoms with Gasteiger partial charge < -0.3 is 10.6 Å². The molecule has 2 aromatic carbocycles. The first-order valence-corrected chi connectivity index (χ1v) is 9.01. The van der Waals surface area contributed by atoms with Gasteiger partial charge in [-0.2, -0.15) is 4.98 Å². The number of aryl methyl sites for hydroxylation is 1. The first-order chi connectivity index (χ1) is 12.8. The van der Waals surface area contributed by atoms with Crippen LogP contribution in [0.3, 0.4) is 0 Å². The van der Waals surface area contributed by atoms with E-state index in [1.165, 1.54) is 17.7 Å². The molecule has 0 amide bonds. The molecule has 0 spiro atoms. The Kier molecular flexibility index (Phi) is 5.40. The molecule has 0 radical (unpaired) electrons. The van der Waals surface area contributed by atoms with Gasteiger partial charge in [0, 0.05) is 24.0 Å². The van der Waals surface area contributed by atoms with Gasteiger partial charge in [0.15, 0.2) is 0 Å². The van der Waals surface area contributed by atoms with Crippen LogP contribution in [-0.2, 0) is 12.0 Å². The number of rotatable bonds is 5. The van der Waals surface area contributed by atoms with Gasteiger partial charge in [-0.05, 0) is 47.7 Å². The predicted octanol–water partition coefficient (Wildman–Crippen LogP) is 5.58. The molecule has 0 unspecified atom stereocenters. The molecule has 0 atom stereocenters. The van der Waals surface area contributed by atoms with E-state index in [0.717, 1.165) is 22.8 Å². The molecule has 0 aliphatic rings. The minimum atomic E-state index is -0.241. The number of hydrogen-bond acceptors (Lipinski definition) is 4. The average Bonchev–Trinajstić information content (AvgIpc) is 2.60. The molecule has 0 aliphatic heterocycles. The van der Waals surface area contributed by atoms with Crippen molar-refractivity contribution in [3.63, 3.8) is 0 Å². The summed E-state index contributed by atoms with van der Waals surface area (Å²) in [7, 11) is 0. The van der Waals surface area contributed by atoms with Crippen molar-refractivity contribution < 1.29 is 4.39 Å². The van der Waals surface area contributed by atoms with E-state index in [1.54, 1.807) is 12.1 Å². The fourth-order valence-electron chi connectivity index (χ4n) is 2.70. The third kappa shape index (κ3) is 5.26. The Morgan fingerprint density at radius 2 is 1.59 bits per heavy atom. The highest BCUT2D eigenvalue weighted by Gasteiger charge is 2.13. The van der Waals surface area contributed by atoms with Crippen molar-refractivity contribution in [1.82, 2.24) is 9.97 Å². The van der Waals surface area contributed by atoms with Crippen molar-refractivity contribution in [2.45, 2.75) is 39.7 Å². The van der Waals surface area contributed by atoms with Crippen LogP contribution in [0.25, 0.3) is 0 Å². The summed E-state index contributed by atoms with van der Waals surface area (Å²) < 4.78 is 13.0. The summed E-state index contributed by atoms with van der Waals surface area (Å²) in [6.07, 6.45) is 0.